The van der Waals surface area contributed by atoms with Crippen LogP contribution in [0.25, 0.3) is 0 Å². The summed E-state index contributed by atoms with van der Waals surface area (Å²) < 4.78 is 0. The normalized spacial score (nSPS) is 31.0. The molecule has 9 saturated carbocycles. The van der Waals surface area contributed by atoms with Gasteiger partial charge in [0.05, 0.1) is 0 Å². The highest BCUT2D eigenvalue weighted by Crippen LogP contribution is 2.40. The summed E-state index contributed by atoms with van der Waals surface area (Å²) in [4.78, 5) is 0. The largest absolute Gasteiger partial charge is 0.330 e. The third-order valence-electron chi connectivity index (χ3n) is 28.4. The molecule has 0 bridgehead atoms. The zero-order chi connectivity index (χ0) is 80.8. The first kappa shape index (κ1) is 106. The molecule has 9 fully saturated rings. The molecule has 648 valence electrons. The van der Waals surface area contributed by atoms with Crippen LogP contribution in [0.3, 0.4) is 0 Å². The van der Waals surface area contributed by atoms with Gasteiger partial charge < -0.3 is 21.7 Å². The molecular weight excluding hydrogens is 1310 g/mol. The molecule has 5 N–H and O–H groups in total. The molecule has 4 heteroatoms. The molecule has 9 rings (SSSR count). The maximum Gasteiger partial charge on any atom is -0.00235 e. The first-order chi connectivity index (χ1) is 51.4. The maximum atomic E-state index is 5.65. The van der Waals surface area contributed by atoms with E-state index in [0.29, 0.717) is 0 Å². The molecule has 0 aliphatic heterocycles. The van der Waals surface area contributed by atoms with Crippen LogP contribution in [-0.4, -0.2) is 47.3 Å². The zero-order valence-corrected chi connectivity index (χ0v) is 79.7. The van der Waals surface area contributed by atoms with Gasteiger partial charge in [-0.05, 0) is 316 Å². The first-order valence-electron chi connectivity index (χ1n) is 50.0. The lowest BCUT2D eigenvalue weighted by molar-refractivity contribution is 0.240. The number of rotatable bonds is 27. The van der Waals surface area contributed by atoms with Gasteiger partial charge in [-0.25, -0.2) is 0 Å². The van der Waals surface area contributed by atoms with Gasteiger partial charge in [-0.3, -0.25) is 0 Å². The minimum absolute atomic E-state index is 0.841. The highest BCUT2D eigenvalue weighted by atomic mass is 14.8. The van der Waals surface area contributed by atoms with Crippen molar-refractivity contribution in [3.8, 4) is 0 Å². The van der Waals surface area contributed by atoms with Crippen LogP contribution in [0.2, 0.25) is 0 Å². The molecule has 0 saturated heterocycles. The monoisotopic (exact) mass is 1520 g/mol. The van der Waals surface area contributed by atoms with Crippen molar-refractivity contribution in [2.24, 2.45) is 166 Å². The predicted molar refractivity (Wildman–Crippen MR) is 493 cm³/mol. The van der Waals surface area contributed by atoms with Gasteiger partial charge in [0.2, 0.25) is 0 Å². The highest BCUT2D eigenvalue weighted by molar-refractivity contribution is 4.81. The van der Waals surface area contributed by atoms with E-state index in [1.54, 1.807) is 0 Å². The summed E-state index contributed by atoms with van der Waals surface area (Å²) in [7, 11) is 6.21. The van der Waals surface area contributed by atoms with Gasteiger partial charge >= 0.3 is 0 Å². The molecule has 0 spiro atoms. The molecule has 0 heterocycles. The van der Waals surface area contributed by atoms with Crippen LogP contribution in [-0.2, 0) is 0 Å². The van der Waals surface area contributed by atoms with Crippen LogP contribution in [0.1, 0.15) is 461 Å². The summed E-state index contributed by atoms with van der Waals surface area (Å²) in [6, 6.07) is 0. The van der Waals surface area contributed by atoms with Crippen molar-refractivity contribution < 1.29 is 0 Å². The van der Waals surface area contributed by atoms with E-state index in [9.17, 15) is 0 Å². The van der Waals surface area contributed by atoms with Gasteiger partial charge in [0.25, 0.3) is 0 Å². The fourth-order valence-corrected chi connectivity index (χ4v) is 22.0. The van der Waals surface area contributed by atoms with Crippen molar-refractivity contribution in [2.45, 2.75) is 461 Å². The van der Waals surface area contributed by atoms with Crippen molar-refractivity contribution in [1.29, 1.82) is 0 Å². The molecule has 9 aliphatic carbocycles. The van der Waals surface area contributed by atoms with E-state index in [-0.39, 0.29) is 0 Å². The molecule has 0 atom stereocenters. The van der Waals surface area contributed by atoms with Crippen molar-refractivity contribution >= 4 is 0 Å². The molecule has 0 unspecified atom stereocenters. The van der Waals surface area contributed by atoms with Gasteiger partial charge in [-0.15, -0.1) is 0 Å². The summed E-state index contributed by atoms with van der Waals surface area (Å²) >= 11 is 0. The standard InChI is InChI=1S/3C12H25N.2C12H24.C11H23N.3C11H22/c3*1-10(2)8-11-4-6-12(7-5-11)9-13-3;2*1-4-11-5-7-12(8-6-11)9-10(2)3;1-9(2)7-10-3-5-11(8-12)6-4-10;3*1-9(2)8-11-6-4-10(3)5-7-11/h3*10-13H,4-9H2,1-3H3;2*10-12H,4-9H2,1-3H3;9-11H,3-8,12H2,1-2H3;3*9-11H,4-8H2,1-3H3. The molecule has 108 heavy (non-hydrogen) atoms. The van der Waals surface area contributed by atoms with Crippen molar-refractivity contribution in [3.05, 3.63) is 0 Å². The number of hydrogen-bond donors (Lipinski definition) is 4. The average Bonchev–Trinajstić information content (AvgIpc) is 0.966. The molecule has 4 nitrogen and oxygen atoms in total. The van der Waals surface area contributed by atoms with Gasteiger partial charge in [-0.2, -0.15) is 0 Å². The van der Waals surface area contributed by atoms with Gasteiger partial charge in [-0.1, -0.05) is 352 Å². The quantitative estimate of drug-likeness (QED) is 0.0662. The van der Waals surface area contributed by atoms with Crippen molar-refractivity contribution in [1.82, 2.24) is 16.0 Å². The third kappa shape index (κ3) is 58.6. The SMILES string of the molecule is CC(C)CC1CCC(C)CC1.CC(C)CC1CCC(C)CC1.CC(C)CC1CCC(C)CC1.CC(C)CC1CCC(CN)CC1.CCC1CCC(CC(C)C)CC1.CCC1CCC(CC(C)C)CC1.CNCC1CCC(CC(C)C)CC1.CNCC1CCC(CC(C)C)CC1.CNCC1CCC(CC(C)C)CC1. The first-order valence-corrected chi connectivity index (χ1v) is 50.0. The van der Waals surface area contributed by atoms with Crippen molar-refractivity contribution in [2.75, 3.05) is 47.3 Å². The maximum absolute atomic E-state index is 5.65. The molecule has 0 aromatic rings. The van der Waals surface area contributed by atoms with Gasteiger partial charge in [0.15, 0.2) is 0 Å². The fraction of sp³-hybridized carbons (Fsp3) is 1.00. The Balaban J connectivity index is 0.000000608. The van der Waals surface area contributed by atoms with E-state index < -0.39 is 0 Å². The zero-order valence-electron chi connectivity index (χ0n) is 79.7. The second kappa shape index (κ2) is 65.8. The van der Waals surface area contributed by atoms with E-state index >= 15 is 0 Å². The summed E-state index contributed by atoms with van der Waals surface area (Å²) in [5.41, 5.74) is 5.65. The molecule has 0 amide bonds. The molecule has 0 aromatic carbocycles. The van der Waals surface area contributed by atoms with Crippen LogP contribution >= 0.6 is 0 Å². The van der Waals surface area contributed by atoms with E-state index in [2.05, 4.69) is 196 Å². The lowest BCUT2D eigenvalue weighted by Gasteiger charge is -2.29. The van der Waals surface area contributed by atoms with Gasteiger partial charge in [0, 0.05) is 0 Å². The Hall–Kier alpha value is -0.160. The van der Waals surface area contributed by atoms with E-state index in [1.807, 2.05) is 0 Å². The highest BCUT2D eigenvalue weighted by Gasteiger charge is 2.28. The van der Waals surface area contributed by atoms with E-state index in [4.69, 9.17) is 5.73 Å². The Morgan fingerprint density at radius 3 is 0.435 bits per heavy atom. The minimum Gasteiger partial charge on any atom is -0.330 e. The van der Waals surface area contributed by atoms with E-state index in [1.165, 1.54) is 321 Å². The number of nitrogens with one attached hydrogen (secondary N) is 3. The Morgan fingerprint density at radius 1 is 0.194 bits per heavy atom. The lowest BCUT2D eigenvalue weighted by Crippen LogP contribution is -2.24. The lowest BCUT2D eigenvalue weighted by atomic mass is 9.78. The predicted octanol–water partition coefficient (Wildman–Crippen LogP) is 32.0. The van der Waals surface area contributed by atoms with Crippen molar-refractivity contribution in [3.63, 3.8) is 0 Å². The van der Waals surface area contributed by atoms with Crippen LogP contribution in [0, 0.1) is 160 Å². The second-order valence-electron chi connectivity index (χ2n) is 44.1. The molecule has 0 radical (unpaired) electrons. The average molecular weight is 1520 g/mol. The Bertz CT molecular complexity index is 1630. The fourth-order valence-electron chi connectivity index (χ4n) is 22.0. The van der Waals surface area contributed by atoms with Crippen LogP contribution in [0.15, 0.2) is 0 Å². The van der Waals surface area contributed by atoms with Crippen LogP contribution in [0.5, 0.6) is 0 Å². The second-order valence-corrected chi connectivity index (χ2v) is 44.1. The third-order valence-corrected chi connectivity index (χ3v) is 28.4. The summed E-state index contributed by atoms with van der Waals surface area (Å²) in [5.74, 6) is 26.4. The van der Waals surface area contributed by atoms with E-state index in [0.717, 1.165) is 166 Å². The number of nitrogens with two attached hydrogens (primary N) is 1. The van der Waals surface area contributed by atoms with Gasteiger partial charge in [0.1, 0.15) is 0 Å². The molecular formula is C104H212N4. The van der Waals surface area contributed by atoms with Crippen LogP contribution in [0.4, 0.5) is 0 Å². The Morgan fingerprint density at radius 2 is 0.315 bits per heavy atom. The molecule has 0 aromatic heterocycles. The summed E-state index contributed by atoms with van der Waals surface area (Å²) in [6.07, 6.45) is 69.1. The van der Waals surface area contributed by atoms with Crippen LogP contribution < -0.4 is 21.7 Å². The topological polar surface area (TPSA) is 62.1 Å². The Kier molecular flexibility index (Phi) is 64.5. The summed E-state index contributed by atoms with van der Waals surface area (Å²) in [5, 5.41) is 9.88. The number of hydrogen-bond acceptors (Lipinski definition) is 4. The molecule has 9 aliphatic rings. The Labute approximate surface area is 685 Å². The smallest absolute Gasteiger partial charge is 0.00235 e. The minimum atomic E-state index is 0.841. The summed E-state index contributed by atoms with van der Waals surface area (Å²) in [6.45, 7) is 58.7.